The van der Waals surface area contributed by atoms with Crippen LogP contribution in [0, 0.1) is 6.92 Å². The molecule has 0 saturated heterocycles. The third-order valence-corrected chi connectivity index (χ3v) is 3.78. The lowest BCUT2D eigenvalue weighted by Crippen LogP contribution is -2.27. The molecule has 106 valence electrons. The van der Waals surface area contributed by atoms with Gasteiger partial charge in [-0.3, -0.25) is 4.79 Å². The number of hydrogen-bond acceptors (Lipinski definition) is 4. The number of thiophene rings is 1. The lowest BCUT2D eigenvalue weighted by molar-refractivity contribution is 0.0950. The van der Waals surface area contributed by atoms with Crippen molar-refractivity contribution in [1.82, 2.24) is 5.32 Å². The van der Waals surface area contributed by atoms with Gasteiger partial charge in [-0.1, -0.05) is 6.07 Å². The second-order valence-corrected chi connectivity index (χ2v) is 5.13. The Morgan fingerprint density at radius 1 is 1.30 bits per heavy atom. The molecular formula is C15H17NO3S. The summed E-state index contributed by atoms with van der Waals surface area (Å²) in [7, 11) is 1.61. The van der Waals surface area contributed by atoms with Crippen molar-refractivity contribution < 1.29 is 14.3 Å². The van der Waals surface area contributed by atoms with Crippen LogP contribution in [0.1, 0.15) is 15.2 Å². The van der Waals surface area contributed by atoms with E-state index in [-0.39, 0.29) is 5.91 Å². The Kier molecular flexibility index (Phi) is 5.01. The summed E-state index contributed by atoms with van der Waals surface area (Å²) in [6, 6.07) is 9.32. The minimum absolute atomic E-state index is 0.0493. The van der Waals surface area contributed by atoms with Crippen LogP contribution < -0.4 is 14.8 Å². The van der Waals surface area contributed by atoms with E-state index in [1.807, 2.05) is 42.6 Å². The molecule has 5 heteroatoms. The SMILES string of the molecule is COc1cccc(OCCNC(=O)c2sccc2C)c1. The van der Waals surface area contributed by atoms with E-state index in [1.165, 1.54) is 11.3 Å². The lowest BCUT2D eigenvalue weighted by atomic mass is 10.3. The Labute approximate surface area is 122 Å². The minimum Gasteiger partial charge on any atom is -0.497 e. The van der Waals surface area contributed by atoms with Crippen molar-refractivity contribution in [3.63, 3.8) is 0 Å². The summed E-state index contributed by atoms with van der Waals surface area (Å²) in [5.41, 5.74) is 1.00. The Morgan fingerprint density at radius 2 is 2.10 bits per heavy atom. The van der Waals surface area contributed by atoms with E-state index in [4.69, 9.17) is 9.47 Å². The number of carbonyl (C=O) groups is 1. The lowest BCUT2D eigenvalue weighted by Gasteiger charge is -2.08. The highest BCUT2D eigenvalue weighted by atomic mass is 32.1. The Morgan fingerprint density at radius 3 is 2.80 bits per heavy atom. The maximum Gasteiger partial charge on any atom is 0.261 e. The minimum atomic E-state index is -0.0493. The molecule has 0 aliphatic heterocycles. The zero-order chi connectivity index (χ0) is 14.4. The first-order chi connectivity index (χ1) is 9.70. The van der Waals surface area contributed by atoms with E-state index in [0.29, 0.717) is 13.2 Å². The van der Waals surface area contributed by atoms with Gasteiger partial charge >= 0.3 is 0 Å². The molecule has 0 atom stereocenters. The van der Waals surface area contributed by atoms with Crippen molar-refractivity contribution in [1.29, 1.82) is 0 Å². The molecule has 2 rings (SSSR count). The first-order valence-corrected chi connectivity index (χ1v) is 7.18. The van der Waals surface area contributed by atoms with Crippen molar-refractivity contribution in [2.45, 2.75) is 6.92 Å². The molecule has 0 aliphatic carbocycles. The quantitative estimate of drug-likeness (QED) is 0.833. The average molecular weight is 291 g/mol. The van der Waals surface area contributed by atoms with E-state index < -0.39 is 0 Å². The molecule has 1 aromatic heterocycles. The van der Waals surface area contributed by atoms with Gasteiger partial charge in [0.2, 0.25) is 0 Å². The summed E-state index contributed by atoms with van der Waals surface area (Å²) in [4.78, 5) is 12.6. The van der Waals surface area contributed by atoms with E-state index in [2.05, 4.69) is 5.32 Å². The fraction of sp³-hybridized carbons (Fsp3) is 0.267. The summed E-state index contributed by atoms with van der Waals surface area (Å²) in [5, 5.41) is 4.75. The Hall–Kier alpha value is -2.01. The molecule has 1 amide bonds. The fourth-order valence-electron chi connectivity index (χ4n) is 1.71. The van der Waals surface area contributed by atoms with Crippen LogP contribution in [0.25, 0.3) is 0 Å². The van der Waals surface area contributed by atoms with Gasteiger partial charge in [0.25, 0.3) is 5.91 Å². The molecule has 2 aromatic rings. The van der Waals surface area contributed by atoms with Gasteiger partial charge in [0.15, 0.2) is 0 Å². The normalized spacial score (nSPS) is 10.1. The third-order valence-electron chi connectivity index (χ3n) is 2.77. The van der Waals surface area contributed by atoms with Crippen LogP contribution in [0.3, 0.4) is 0 Å². The maximum atomic E-state index is 11.9. The molecule has 0 fully saturated rings. The molecule has 0 saturated carbocycles. The summed E-state index contributed by atoms with van der Waals surface area (Å²) < 4.78 is 10.7. The topological polar surface area (TPSA) is 47.6 Å². The second-order valence-electron chi connectivity index (χ2n) is 4.22. The van der Waals surface area contributed by atoms with Gasteiger partial charge in [0.1, 0.15) is 18.1 Å². The van der Waals surface area contributed by atoms with Gasteiger partial charge in [-0.15, -0.1) is 11.3 Å². The molecule has 0 unspecified atom stereocenters. The molecule has 0 aliphatic rings. The molecule has 0 radical (unpaired) electrons. The van der Waals surface area contributed by atoms with Crippen molar-refractivity contribution in [3.8, 4) is 11.5 Å². The molecule has 0 spiro atoms. The molecule has 1 aromatic carbocycles. The number of ether oxygens (including phenoxy) is 2. The highest BCUT2D eigenvalue weighted by Crippen LogP contribution is 2.18. The zero-order valence-electron chi connectivity index (χ0n) is 11.5. The standard InChI is InChI=1S/C15H17NO3S/c1-11-6-9-20-14(11)15(17)16-7-8-19-13-5-3-4-12(10-13)18-2/h3-6,9-10H,7-8H2,1-2H3,(H,16,17). The number of hydrogen-bond donors (Lipinski definition) is 1. The predicted octanol–water partition coefficient (Wildman–Crippen LogP) is 2.87. The summed E-state index contributed by atoms with van der Waals surface area (Å²) in [6.45, 7) is 2.81. The number of carbonyl (C=O) groups excluding carboxylic acids is 1. The number of methoxy groups -OCH3 is 1. The van der Waals surface area contributed by atoms with Crippen molar-refractivity contribution in [3.05, 3.63) is 46.2 Å². The molecule has 20 heavy (non-hydrogen) atoms. The Bertz CT molecular complexity index is 580. The van der Waals surface area contributed by atoms with Gasteiger partial charge in [-0.2, -0.15) is 0 Å². The summed E-state index contributed by atoms with van der Waals surface area (Å²) >= 11 is 1.45. The Balaban J connectivity index is 1.76. The molecule has 1 heterocycles. The number of rotatable bonds is 6. The fourth-order valence-corrected chi connectivity index (χ4v) is 2.55. The van der Waals surface area contributed by atoms with Crippen LogP contribution in [0.15, 0.2) is 35.7 Å². The van der Waals surface area contributed by atoms with Crippen LogP contribution in [0.4, 0.5) is 0 Å². The van der Waals surface area contributed by atoms with Crippen molar-refractivity contribution in [2.24, 2.45) is 0 Å². The molecule has 1 N–H and O–H groups in total. The van der Waals surface area contributed by atoms with Crippen LogP contribution >= 0.6 is 11.3 Å². The summed E-state index contributed by atoms with van der Waals surface area (Å²) in [5.74, 6) is 1.43. The maximum absolute atomic E-state index is 11.9. The highest BCUT2D eigenvalue weighted by molar-refractivity contribution is 7.12. The van der Waals surface area contributed by atoms with Crippen LogP contribution in [-0.4, -0.2) is 26.2 Å². The molecule has 0 bridgehead atoms. The van der Waals surface area contributed by atoms with E-state index in [0.717, 1.165) is 21.9 Å². The average Bonchev–Trinajstić information content (AvgIpc) is 2.90. The monoisotopic (exact) mass is 291 g/mol. The number of benzene rings is 1. The van der Waals surface area contributed by atoms with Crippen molar-refractivity contribution >= 4 is 17.2 Å². The third kappa shape index (κ3) is 3.74. The van der Waals surface area contributed by atoms with Crippen LogP contribution in [0.5, 0.6) is 11.5 Å². The van der Waals surface area contributed by atoms with Gasteiger partial charge < -0.3 is 14.8 Å². The van der Waals surface area contributed by atoms with Crippen LogP contribution in [0.2, 0.25) is 0 Å². The second kappa shape index (κ2) is 6.96. The van der Waals surface area contributed by atoms with E-state index in [1.54, 1.807) is 7.11 Å². The highest BCUT2D eigenvalue weighted by Gasteiger charge is 2.09. The van der Waals surface area contributed by atoms with Crippen LogP contribution in [-0.2, 0) is 0 Å². The van der Waals surface area contributed by atoms with E-state index >= 15 is 0 Å². The van der Waals surface area contributed by atoms with Gasteiger partial charge in [0.05, 0.1) is 18.5 Å². The van der Waals surface area contributed by atoms with Gasteiger partial charge in [-0.05, 0) is 36.1 Å². The molecular weight excluding hydrogens is 274 g/mol. The summed E-state index contributed by atoms with van der Waals surface area (Å²) in [6.07, 6.45) is 0. The largest absolute Gasteiger partial charge is 0.497 e. The zero-order valence-corrected chi connectivity index (χ0v) is 12.3. The van der Waals surface area contributed by atoms with E-state index in [9.17, 15) is 4.79 Å². The molecule has 4 nitrogen and oxygen atoms in total. The number of nitrogens with one attached hydrogen (secondary N) is 1. The predicted molar refractivity (Wildman–Crippen MR) is 79.9 cm³/mol. The number of amides is 1. The number of aryl methyl sites for hydroxylation is 1. The van der Waals surface area contributed by atoms with Gasteiger partial charge in [0, 0.05) is 6.07 Å². The first-order valence-electron chi connectivity index (χ1n) is 6.30. The van der Waals surface area contributed by atoms with Crippen molar-refractivity contribution in [2.75, 3.05) is 20.3 Å². The van der Waals surface area contributed by atoms with Gasteiger partial charge in [-0.25, -0.2) is 0 Å². The smallest absolute Gasteiger partial charge is 0.261 e. The first kappa shape index (κ1) is 14.4.